The van der Waals surface area contributed by atoms with E-state index in [9.17, 15) is 9.18 Å². The second-order valence-corrected chi connectivity index (χ2v) is 4.96. The normalized spacial score (nSPS) is 23.4. The minimum absolute atomic E-state index is 0.0846. The van der Waals surface area contributed by atoms with Crippen LogP contribution >= 0.6 is 0 Å². The molecule has 1 fully saturated rings. The highest BCUT2D eigenvalue weighted by molar-refractivity contribution is 5.79. The highest BCUT2D eigenvalue weighted by Gasteiger charge is 2.32. The summed E-state index contributed by atoms with van der Waals surface area (Å²) in [5.74, 6) is 0.273. The molecule has 0 saturated carbocycles. The van der Waals surface area contributed by atoms with Gasteiger partial charge in [0, 0.05) is 19.1 Å². The number of carbonyl (C=O) groups is 1. The lowest BCUT2D eigenvalue weighted by Crippen LogP contribution is -2.42. The number of amides is 1. The smallest absolute Gasteiger partial charge is 0.227 e. The summed E-state index contributed by atoms with van der Waals surface area (Å²) in [5, 5.41) is 0. The number of halogens is 1. The van der Waals surface area contributed by atoms with Crippen LogP contribution in [0.15, 0.2) is 24.3 Å². The number of hydrogen-bond acceptors (Lipinski definition) is 2. The molecule has 1 aromatic carbocycles. The van der Waals surface area contributed by atoms with Crippen molar-refractivity contribution in [2.75, 3.05) is 13.1 Å². The van der Waals surface area contributed by atoms with E-state index in [1.807, 2.05) is 4.90 Å². The monoisotopic (exact) mass is 250 g/mol. The van der Waals surface area contributed by atoms with Gasteiger partial charge >= 0.3 is 0 Å². The molecule has 98 valence electrons. The largest absolute Gasteiger partial charge is 0.338 e. The number of likely N-dealkylation sites (tertiary alicyclic amines) is 1. The minimum atomic E-state index is -0.277. The third-order valence-electron chi connectivity index (χ3n) is 3.71. The summed E-state index contributed by atoms with van der Waals surface area (Å²) in [5.41, 5.74) is 6.57. The Bertz CT molecular complexity index is 418. The van der Waals surface area contributed by atoms with Crippen molar-refractivity contribution in [3.8, 4) is 0 Å². The van der Waals surface area contributed by atoms with Crippen LogP contribution in [0.25, 0.3) is 0 Å². The van der Waals surface area contributed by atoms with E-state index in [1.54, 1.807) is 12.1 Å². The molecule has 1 amide bonds. The highest BCUT2D eigenvalue weighted by Crippen LogP contribution is 2.23. The SMILES string of the molecule is CC1CCN(C(=O)Cc2ccc(F)cc2)C1CN. The van der Waals surface area contributed by atoms with Gasteiger partial charge in [0.2, 0.25) is 5.91 Å². The average Bonchev–Trinajstić information content (AvgIpc) is 2.73. The summed E-state index contributed by atoms with van der Waals surface area (Å²) >= 11 is 0. The van der Waals surface area contributed by atoms with Crippen LogP contribution in [0.1, 0.15) is 18.9 Å². The third kappa shape index (κ3) is 2.70. The molecular formula is C14H19FN2O. The van der Waals surface area contributed by atoms with E-state index in [1.165, 1.54) is 12.1 Å². The molecule has 2 unspecified atom stereocenters. The van der Waals surface area contributed by atoms with Gasteiger partial charge in [0.25, 0.3) is 0 Å². The topological polar surface area (TPSA) is 46.3 Å². The van der Waals surface area contributed by atoms with Gasteiger partial charge in [-0.05, 0) is 30.0 Å². The highest BCUT2D eigenvalue weighted by atomic mass is 19.1. The molecule has 0 aromatic heterocycles. The predicted molar refractivity (Wildman–Crippen MR) is 68.4 cm³/mol. The van der Waals surface area contributed by atoms with Crippen molar-refractivity contribution in [3.63, 3.8) is 0 Å². The molecule has 18 heavy (non-hydrogen) atoms. The van der Waals surface area contributed by atoms with Crippen LogP contribution in [-0.2, 0) is 11.2 Å². The molecule has 1 aliphatic heterocycles. The van der Waals surface area contributed by atoms with E-state index >= 15 is 0 Å². The zero-order chi connectivity index (χ0) is 13.1. The summed E-state index contributed by atoms with van der Waals surface area (Å²) in [6.07, 6.45) is 1.33. The zero-order valence-corrected chi connectivity index (χ0v) is 10.6. The van der Waals surface area contributed by atoms with Gasteiger partial charge in [-0.2, -0.15) is 0 Å². The van der Waals surface area contributed by atoms with E-state index in [-0.39, 0.29) is 17.8 Å². The molecule has 3 nitrogen and oxygen atoms in total. The number of benzene rings is 1. The summed E-state index contributed by atoms with van der Waals surface area (Å²) in [6, 6.07) is 6.23. The van der Waals surface area contributed by atoms with Gasteiger partial charge in [-0.1, -0.05) is 19.1 Å². The van der Waals surface area contributed by atoms with E-state index in [2.05, 4.69) is 6.92 Å². The van der Waals surface area contributed by atoms with Crippen molar-refractivity contribution < 1.29 is 9.18 Å². The fourth-order valence-electron chi connectivity index (χ4n) is 2.56. The fraction of sp³-hybridized carbons (Fsp3) is 0.500. The zero-order valence-electron chi connectivity index (χ0n) is 10.6. The van der Waals surface area contributed by atoms with Crippen molar-refractivity contribution in [2.45, 2.75) is 25.8 Å². The number of rotatable bonds is 3. The quantitative estimate of drug-likeness (QED) is 0.885. The molecular weight excluding hydrogens is 231 g/mol. The average molecular weight is 250 g/mol. The van der Waals surface area contributed by atoms with Gasteiger partial charge in [0.15, 0.2) is 0 Å². The Morgan fingerprint density at radius 3 is 2.72 bits per heavy atom. The van der Waals surface area contributed by atoms with Gasteiger partial charge in [0.05, 0.1) is 6.42 Å². The summed E-state index contributed by atoms with van der Waals surface area (Å²) in [4.78, 5) is 14.1. The molecule has 1 aliphatic rings. The molecule has 2 N–H and O–H groups in total. The summed E-state index contributed by atoms with van der Waals surface area (Å²) in [6.45, 7) is 3.42. The van der Waals surface area contributed by atoms with E-state index < -0.39 is 0 Å². The van der Waals surface area contributed by atoms with Crippen LogP contribution in [0.5, 0.6) is 0 Å². The first kappa shape index (κ1) is 13.0. The Morgan fingerprint density at radius 2 is 2.11 bits per heavy atom. The number of nitrogens with zero attached hydrogens (tertiary/aromatic N) is 1. The van der Waals surface area contributed by atoms with Gasteiger partial charge in [-0.25, -0.2) is 4.39 Å². The lowest BCUT2D eigenvalue weighted by molar-refractivity contribution is -0.131. The molecule has 1 heterocycles. The van der Waals surface area contributed by atoms with E-state index in [4.69, 9.17) is 5.73 Å². The van der Waals surface area contributed by atoms with Crippen molar-refractivity contribution in [2.24, 2.45) is 11.7 Å². The van der Waals surface area contributed by atoms with Crippen molar-refractivity contribution in [3.05, 3.63) is 35.6 Å². The van der Waals surface area contributed by atoms with Crippen molar-refractivity contribution in [1.82, 2.24) is 4.90 Å². The van der Waals surface area contributed by atoms with E-state index in [0.29, 0.717) is 18.9 Å². The van der Waals surface area contributed by atoms with Crippen LogP contribution < -0.4 is 5.73 Å². The van der Waals surface area contributed by atoms with E-state index in [0.717, 1.165) is 18.5 Å². The Kier molecular flexibility index (Phi) is 3.97. The van der Waals surface area contributed by atoms with Gasteiger partial charge in [-0.3, -0.25) is 4.79 Å². The molecule has 1 aromatic rings. The van der Waals surface area contributed by atoms with Crippen LogP contribution in [-0.4, -0.2) is 29.9 Å². The predicted octanol–water partition coefficient (Wildman–Crippen LogP) is 1.56. The van der Waals surface area contributed by atoms with Crippen molar-refractivity contribution in [1.29, 1.82) is 0 Å². The number of hydrogen-bond donors (Lipinski definition) is 1. The van der Waals surface area contributed by atoms with Crippen LogP contribution in [0.4, 0.5) is 4.39 Å². The standard InChI is InChI=1S/C14H19FN2O/c1-10-6-7-17(13(10)9-16)14(18)8-11-2-4-12(15)5-3-11/h2-5,10,13H,6-9,16H2,1H3. The lowest BCUT2D eigenvalue weighted by Gasteiger charge is -2.25. The molecule has 0 spiro atoms. The Labute approximate surface area is 107 Å². The first-order valence-electron chi connectivity index (χ1n) is 6.36. The fourth-order valence-corrected chi connectivity index (χ4v) is 2.56. The molecule has 0 aliphatic carbocycles. The van der Waals surface area contributed by atoms with Crippen LogP contribution in [0.3, 0.4) is 0 Å². The first-order chi connectivity index (χ1) is 8.61. The second kappa shape index (κ2) is 5.48. The number of nitrogens with two attached hydrogens (primary N) is 1. The lowest BCUT2D eigenvalue weighted by atomic mass is 10.0. The van der Waals surface area contributed by atoms with Gasteiger partial charge in [0.1, 0.15) is 5.82 Å². The maximum atomic E-state index is 12.8. The van der Waals surface area contributed by atoms with Crippen LogP contribution in [0, 0.1) is 11.7 Å². The Balaban J connectivity index is 2.01. The molecule has 1 saturated heterocycles. The minimum Gasteiger partial charge on any atom is -0.338 e. The molecule has 0 bridgehead atoms. The summed E-state index contributed by atoms with van der Waals surface area (Å²) < 4.78 is 12.8. The van der Waals surface area contributed by atoms with Gasteiger partial charge in [-0.15, -0.1) is 0 Å². The maximum Gasteiger partial charge on any atom is 0.227 e. The molecule has 2 rings (SSSR count). The molecule has 4 heteroatoms. The maximum absolute atomic E-state index is 12.8. The number of carbonyl (C=O) groups excluding carboxylic acids is 1. The van der Waals surface area contributed by atoms with Crippen molar-refractivity contribution >= 4 is 5.91 Å². The van der Waals surface area contributed by atoms with Gasteiger partial charge < -0.3 is 10.6 Å². The first-order valence-corrected chi connectivity index (χ1v) is 6.36. The Morgan fingerprint density at radius 1 is 1.44 bits per heavy atom. The molecule has 0 radical (unpaired) electrons. The second-order valence-electron chi connectivity index (χ2n) is 4.96. The van der Waals surface area contributed by atoms with Crippen LogP contribution in [0.2, 0.25) is 0 Å². The third-order valence-corrected chi connectivity index (χ3v) is 3.71. The molecule has 2 atom stereocenters. The summed E-state index contributed by atoms with van der Waals surface area (Å²) in [7, 11) is 0. The Hall–Kier alpha value is -1.42.